The van der Waals surface area contributed by atoms with Crippen molar-refractivity contribution in [2.24, 2.45) is 0 Å². The molecule has 0 bridgehead atoms. The minimum Gasteiger partial charge on any atom is -0.466 e. The highest BCUT2D eigenvalue weighted by Crippen LogP contribution is 2.18. The van der Waals surface area contributed by atoms with Gasteiger partial charge in [-0.25, -0.2) is 9.59 Å². The molecule has 1 amide bonds. The van der Waals surface area contributed by atoms with Crippen LogP contribution in [0.2, 0.25) is 0 Å². The summed E-state index contributed by atoms with van der Waals surface area (Å²) in [6, 6.07) is 9.23. The lowest BCUT2D eigenvalue weighted by Gasteiger charge is -2.23. The maximum atomic E-state index is 11.9. The summed E-state index contributed by atoms with van der Waals surface area (Å²) in [5, 5.41) is 2.82. The molecule has 0 aliphatic carbocycles. The molecule has 1 N–H and O–H groups in total. The zero-order chi connectivity index (χ0) is 16.6. The molecule has 5 heteroatoms. The predicted molar refractivity (Wildman–Crippen MR) is 84.3 cm³/mol. The van der Waals surface area contributed by atoms with E-state index in [1.165, 1.54) is 13.2 Å². The number of ether oxygens (including phenoxy) is 2. The third-order valence-electron chi connectivity index (χ3n) is 2.72. The van der Waals surface area contributed by atoms with Crippen LogP contribution in [-0.2, 0) is 14.3 Å². The van der Waals surface area contributed by atoms with Gasteiger partial charge in [0.1, 0.15) is 5.60 Å². The first kappa shape index (κ1) is 17.8. The van der Waals surface area contributed by atoms with Crippen molar-refractivity contribution in [1.29, 1.82) is 0 Å². The number of amides is 1. The SMILES string of the molecule is COC(=O)/C=C/C[C@@H](NC(=O)OC(C)(C)C)c1ccccc1. The van der Waals surface area contributed by atoms with E-state index >= 15 is 0 Å². The largest absolute Gasteiger partial charge is 0.466 e. The molecule has 0 saturated heterocycles. The molecule has 1 aromatic rings. The van der Waals surface area contributed by atoms with Crippen LogP contribution in [0.5, 0.6) is 0 Å². The zero-order valence-electron chi connectivity index (χ0n) is 13.5. The van der Waals surface area contributed by atoms with Gasteiger partial charge in [0.15, 0.2) is 0 Å². The van der Waals surface area contributed by atoms with Gasteiger partial charge in [0.05, 0.1) is 13.2 Å². The van der Waals surface area contributed by atoms with Gasteiger partial charge in [0.2, 0.25) is 0 Å². The average molecular weight is 305 g/mol. The van der Waals surface area contributed by atoms with E-state index < -0.39 is 17.7 Å². The van der Waals surface area contributed by atoms with E-state index in [0.29, 0.717) is 6.42 Å². The quantitative estimate of drug-likeness (QED) is 0.669. The second-order valence-electron chi connectivity index (χ2n) is 5.77. The number of nitrogens with one attached hydrogen (secondary N) is 1. The van der Waals surface area contributed by atoms with Gasteiger partial charge >= 0.3 is 12.1 Å². The van der Waals surface area contributed by atoms with Gasteiger partial charge in [-0.3, -0.25) is 0 Å². The molecule has 120 valence electrons. The van der Waals surface area contributed by atoms with E-state index in [9.17, 15) is 9.59 Å². The average Bonchev–Trinajstić information content (AvgIpc) is 2.45. The first-order valence-electron chi connectivity index (χ1n) is 7.11. The van der Waals surface area contributed by atoms with E-state index in [1.54, 1.807) is 26.8 Å². The summed E-state index contributed by atoms with van der Waals surface area (Å²) in [5.41, 5.74) is 0.371. The number of benzene rings is 1. The minimum atomic E-state index is -0.562. The Morgan fingerprint density at radius 3 is 2.41 bits per heavy atom. The second-order valence-corrected chi connectivity index (χ2v) is 5.77. The maximum Gasteiger partial charge on any atom is 0.408 e. The van der Waals surface area contributed by atoms with E-state index in [1.807, 2.05) is 30.3 Å². The zero-order valence-corrected chi connectivity index (χ0v) is 13.5. The monoisotopic (exact) mass is 305 g/mol. The summed E-state index contributed by atoms with van der Waals surface area (Å²) in [4.78, 5) is 23.1. The number of hydrogen-bond donors (Lipinski definition) is 1. The van der Waals surface area contributed by atoms with Crippen LogP contribution in [0.25, 0.3) is 0 Å². The van der Waals surface area contributed by atoms with E-state index in [-0.39, 0.29) is 6.04 Å². The highest BCUT2D eigenvalue weighted by molar-refractivity contribution is 5.81. The van der Waals surface area contributed by atoms with Gasteiger partial charge < -0.3 is 14.8 Å². The molecule has 0 aromatic heterocycles. The summed E-state index contributed by atoms with van der Waals surface area (Å²) < 4.78 is 9.82. The number of esters is 1. The predicted octanol–water partition coefficient (Wildman–Crippen LogP) is 3.37. The molecule has 5 nitrogen and oxygen atoms in total. The fraction of sp³-hybridized carbons (Fsp3) is 0.412. The van der Waals surface area contributed by atoms with Crippen molar-refractivity contribution in [3.8, 4) is 0 Å². The molecule has 0 saturated carbocycles. The van der Waals surface area contributed by atoms with Crippen LogP contribution in [0.1, 0.15) is 38.8 Å². The molecule has 22 heavy (non-hydrogen) atoms. The third-order valence-corrected chi connectivity index (χ3v) is 2.72. The molecule has 0 aliphatic rings. The normalized spacial score (nSPS) is 12.7. The van der Waals surface area contributed by atoms with Crippen molar-refractivity contribution < 1.29 is 19.1 Å². The van der Waals surface area contributed by atoms with Crippen molar-refractivity contribution in [3.63, 3.8) is 0 Å². The Hall–Kier alpha value is -2.30. The minimum absolute atomic E-state index is 0.281. The topological polar surface area (TPSA) is 64.6 Å². The summed E-state index contributed by atoms with van der Waals surface area (Å²) in [6.07, 6.45) is 2.97. The number of carbonyl (C=O) groups is 2. The Bertz CT molecular complexity index is 517. The Balaban J connectivity index is 2.77. The van der Waals surface area contributed by atoms with Crippen molar-refractivity contribution in [2.45, 2.75) is 38.8 Å². The number of carbonyl (C=O) groups excluding carboxylic acids is 2. The summed E-state index contributed by atoms with van der Waals surface area (Å²) in [6.45, 7) is 5.42. The standard InChI is InChI=1S/C17H23NO4/c1-17(2,3)22-16(20)18-14(11-8-12-15(19)21-4)13-9-6-5-7-10-13/h5-10,12,14H,11H2,1-4H3,(H,18,20)/b12-8+/t14-/m1/s1. The number of alkyl carbamates (subject to hydrolysis) is 1. The van der Waals surface area contributed by atoms with Crippen molar-refractivity contribution in [1.82, 2.24) is 5.32 Å². The summed E-state index contributed by atoms with van der Waals surface area (Å²) >= 11 is 0. The van der Waals surface area contributed by atoms with Gasteiger partial charge in [-0.1, -0.05) is 36.4 Å². The molecule has 1 aromatic carbocycles. The number of rotatable bonds is 5. The van der Waals surface area contributed by atoms with E-state index in [0.717, 1.165) is 5.56 Å². The van der Waals surface area contributed by atoms with Crippen LogP contribution in [-0.4, -0.2) is 24.8 Å². The van der Waals surface area contributed by atoms with Gasteiger partial charge in [-0.2, -0.15) is 0 Å². The Labute approximate surface area is 131 Å². The highest BCUT2D eigenvalue weighted by atomic mass is 16.6. The molecular formula is C17H23NO4. The van der Waals surface area contributed by atoms with Gasteiger partial charge in [0, 0.05) is 6.08 Å². The lowest BCUT2D eigenvalue weighted by molar-refractivity contribution is -0.134. The van der Waals surface area contributed by atoms with Crippen molar-refractivity contribution >= 4 is 12.1 Å². The van der Waals surface area contributed by atoms with Crippen LogP contribution in [0, 0.1) is 0 Å². The molecule has 0 spiro atoms. The molecular weight excluding hydrogens is 282 g/mol. The molecule has 0 fully saturated rings. The maximum absolute atomic E-state index is 11.9. The first-order chi connectivity index (χ1) is 10.3. The molecule has 0 unspecified atom stereocenters. The number of hydrogen-bond acceptors (Lipinski definition) is 4. The third kappa shape index (κ3) is 6.92. The highest BCUT2D eigenvalue weighted by Gasteiger charge is 2.19. The molecule has 0 radical (unpaired) electrons. The Morgan fingerprint density at radius 2 is 1.86 bits per heavy atom. The van der Waals surface area contributed by atoms with E-state index in [2.05, 4.69) is 10.1 Å². The van der Waals surface area contributed by atoms with Crippen molar-refractivity contribution in [3.05, 3.63) is 48.0 Å². The van der Waals surface area contributed by atoms with Crippen LogP contribution >= 0.6 is 0 Å². The van der Waals surface area contributed by atoms with Crippen LogP contribution in [0.4, 0.5) is 4.79 Å². The smallest absolute Gasteiger partial charge is 0.408 e. The molecule has 0 aliphatic heterocycles. The second kappa shape index (κ2) is 8.22. The van der Waals surface area contributed by atoms with E-state index in [4.69, 9.17) is 4.74 Å². The molecule has 0 heterocycles. The fourth-order valence-corrected chi connectivity index (χ4v) is 1.78. The first-order valence-corrected chi connectivity index (χ1v) is 7.11. The fourth-order valence-electron chi connectivity index (χ4n) is 1.78. The van der Waals surface area contributed by atoms with Gasteiger partial charge in [0.25, 0.3) is 0 Å². The molecule has 1 atom stereocenters. The number of methoxy groups -OCH3 is 1. The van der Waals surface area contributed by atoms with Crippen LogP contribution in [0.15, 0.2) is 42.5 Å². The Morgan fingerprint density at radius 1 is 1.23 bits per heavy atom. The lowest BCUT2D eigenvalue weighted by atomic mass is 10.0. The van der Waals surface area contributed by atoms with Gasteiger partial charge in [-0.05, 0) is 32.8 Å². The van der Waals surface area contributed by atoms with Crippen LogP contribution < -0.4 is 5.32 Å². The van der Waals surface area contributed by atoms with Crippen molar-refractivity contribution in [2.75, 3.05) is 7.11 Å². The summed E-state index contributed by atoms with van der Waals surface area (Å²) in [7, 11) is 1.32. The van der Waals surface area contributed by atoms with Crippen LogP contribution in [0.3, 0.4) is 0 Å². The Kier molecular flexibility index (Phi) is 6.63. The molecule has 1 rings (SSSR count). The lowest BCUT2D eigenvalue weighted by Crippen LogP contribution is -2.34. The summed E-state index contributed by atoms with van der Waals surface area (Å²) in [5.74, 6) is -0.427. The van der Waals surface area contributed by atoms with Gasteiger partial charge in [-0.15, -0.1) is 0 Å².